The van der Waals surface area contributed by atoms with Crippen molar-refractivity contribution >= 4 is 88.6 Å². The van der Waals surface area contributed by atoms with E-state index in [2.05, 4.69) is 103 Å². The van der Waals surface area contributed by atoms with Gasteiger partial charge in [0.25, 0.3) is 0 Å². The van der Waals surface area contributed by atoms with Gasteiger partial charge in [-0.2, -0.15) is 0 Å². The molecular weight excluding hydrogens is 1020 g/mol. The molecule has 4 aromatic carbocycles. The van der Waals surface area contributed by atoms with Crippen LogP contribution in [0, 0.1) is 0 Å². The number of phenolic OH excluding ortho intramolecular Hbond substituents is 4. The minimum Gasteiger partial charge on any atom is -0.507 e. The second-order valence-corrected chi connectivity index (χ2v) is 18.8. The highest BCUT2D eigenvalue weighted by Gasteiger charge is 2.16. The molecule has 0 saturated carbocycles. The van der Waals surface area contributed by atoms with Crippen LogP contribution < -0.4 is 0 Å². The van der Waals surface area contributed by atoms with Crippen molar-refractivity contribution in [1.82, 2.24) is 19.6 Å². The van der Waals surface area contributed by atoms with Crippen molar-refractivity contribution in [3.05, 3.63) is 111 Å². The summed E-state index contributed by atoms with van der Waals surface area (Å²) in [5, 5.41) is 44.7. The smallest absolute Gasteiger partial charge is 0.128 e. The second-order valence-electron chi connectivity index (χ2n) is 15.1. The summed E-state index contributed by atoms with van der Waals surface area (Å²) in [5.74, 6) is 0.719. The maximum absolute atomic E-state index is 11.2. The average Bonchev–Trinajstić information content (AvgIpc) is 3.18. The number of aliphatic imine (C=N–C) groups is 4. The van der Waals surface area contributed by atoms with Crippen LogP contribution in [-0.4, -0.2) is 145 Å². The van der Waals surface area contributed by atoms with Crippen LogP contribution in [0.4, 0.5) is 0 Å². The van der Waals surface area contributed by atoms with E-state index in [4.69, 9.17) is 0 Å². The molecule has 0 spiro atoms. The van der Waals surface area contributed by atoms with E-state index in [1.165, 1.54) is 0 Å². The fraction of sp³-hybridized carbons (Fsp3) is 0.364. The summed E-state index contributed by atoms with van der Waals surface area (Å²) >= 11 is 14.4. The third kappa shape index (κ3) is 14.3. The summed E-state index contributed by atoms with van der Waals surface area (Å²) in [6, 6.07) is 15.0. The molecule has 0 aliphatic carbocycles. The van der Waals surface area contributed by atoms with Crippen molar-refractivity contribution in [3.8, 4) is 23.0 Å². The van der Waals surface area contributed by atoms with Gasteiger partial charge in [0.15, 0.2) is 0 Å². The molecule has 60 heavy (non-hydrogen) atoms. The highest BCUT2D eigenvalue weighted by atomic mass is 79.9. The highest BCUT2D eigenvalue weighted by molar-refractivity contribution is 9.11. The Morgan fingerprint density at radius 1 is 0.367 bits per heavy atom. The van der Waals surface area contributed by atoms with Gasteiger partial charge >= 0.3 is 0 Å². The lowest BCUT2D eigenvalue weighted by atomic mass is 10.1. The fourth-order valence-corrected chi connectivity index (χ4v) is 8.73. The maximum atomic E-state index is 11.2. The summed E-state index contributed by atoms with van der Waals surface area (Å²) in [6.07, 6.45) is 6.67. The number of hydrogen-bond donors (Lipinski definition) is 4. The Kier molecular flexibility index (Phi) is 18.3. The Balaban J connectivity index is 1.35. The number of benzene rings is 4. The van der Waals surface area contributed by atoms with Crippen molar-refractivity contribution in [2.24, 2.45) is 20.0 Å². The van der Waals surface area contributed by atoms with E-state index in [1.54, 1.807) is 24.9 Å². The molecule has 0 radical (unpaired) electrons. The number of halogens is 4. The summed E-state index contributed by atoms with van der Waals surface area (Å²) < 4.78 is 3.37. The standard InChI is InChI=1S/C44H52Br4N8O4/c1-53-9-10-54(2)26-34-18-38(46)14-30(42(34)58)22-51-7-8-52-24-32-16-40(48)20-36(44(32)60)28-56(4)12-11-55(3)27-35-19-39(47)15-31(43(35)59)23-50-6-5-49-21-29-13-37(45)17-33(25-53)41(29)57/h13-24,57-60H,5-12,25-28H2,1-4H3. The normalized spacial score (nSPS) is 16.9. The van der Waals surface area contributed by atoms with Crippen LogP contribution in [0.1, 0.15) is 44.5 Å². The van der Waals surface area contributed by atoms with Crippen LogP contribution >= 0.6 is 63.7 Å². The monoisotopic (exact) mass is 1070 g/mol. The number of hydrogen-bond acceptors (Lipinski definition) is 12. The van der Waals surface area contributed by atoms with Gasteiger partial charge in [-0.25, -0.2) is 0 Å². The highest BCUT2D eigenvalue weighted by Crippen LogP contribution is 2.31. The van der Waals surface area contributed by atoms with Crippen molar-refractivity contribution in [2.75, 3.05) is 80.5 Å². The van der Waals surface area contributed by atoms with Gasteiger partial charge in [0.05, 0.1) is 26.2 Å². The Morgan fingerprint density at radius 2 is 0.567 bits per heavy atom. The van der Waals surface area contributed by atoms with E-state index in [0.29, 0.717) is 74.6 Å². The summed E-state index contributed by atoms with van der Waals surface area (Å²) in [7, 11) is 8.03. The number of nitrogens with zero attached hydrogens (tertiary/aromatic N) is 8. The summed E-state index contributed by atoms with van der Waals surface area (Å²) in [6.45, 7) is 6.55. The van der Waals surface area contributed by atoms with Crippen LogP contribution in [-0.2, 0) is 26.2 Å². The van der Waals surface area contributed by atoms with E-state index >= 15 is 0 Å². The number of fused-ring (bicyclic) bond motifs is 8. The first-order valence-corrected chi connectivity index (χ1v) is 22.6. The summed E-state index contributed by atoms with van der Waals surface area (Å²) in [4.78, 5) is 26.7. The lowest BCUT2D eigenvalue weighted by Crippen LogP contribution is -2.30. The van der Waals surface area contributed by atoms with Gasteiger partial charge in [-0.1, -0.05) is 63.7 Å². The minimum atomic E-state index is 0.180. The van der Waals surface area contributed by atoms with Crippen molar-refractivity contribution in [3.63, 3.8) is 0 Å². The predicted octanol–water partition coefficient (Wildman–Crippen LogP) is 8.08. The third-order valence-corrected chi connectivity index (χ3v) is 11.7. The molecule has 1 aliphatic heterocycles. The zero-order valence-electron chi connectivity index (χ0n) is 34.3. The van der Waals surface area contributed by atoms with Gasteiger partial charge in [0.2, 0.25) is 0 Å². The second kappa shape index (κ2) is 23.1. The molecule has 0 aromatic heterocycles. The van der Waals surface area contributed by atoms with Crippen LogP contribution in [0.2, 0.25) is 0 Å². The van der Waals surface area contributed by atoms with Crippen LogP contribution in [0.5, 0.6) is 23.0 Å². The van der Waals surface area contributed by atoms with E-state index in [1.807, 2.05) is 76.7 Å². The van der Waals surface area contributed by atoms with Gasteiger partial charge in [-0.05, 0) is 76.7 Å². The Morgan fingerprint density at radius 3 is 0.767 bits per heavy atom. The Bertz CT molecular complexity index is 1930. The molecule has 0 amide bonds. The van der Waals surface area contributed by atoms with Gasteiger partial charge < -0.3 is 40.0 Å². The van der Waals surface area contributed by atoms with E-state index in [-0.39, 0.29) is 23.0 Å². The van der Waals surface area contributed by atoms with Crippen LogP contribution in [0.15, 0.2) is 86.4 Å². The molecular formula is C44H52Br4N8O4. The average molecular weight is 1080 g/mol. The van der Waals surface area contributed by atoms with Crippen molar-refractivity contribution in [1.29, 1.82) is 0 Å². The quantitative estimate of drug-likeness (QED) is 0.139. The van der Waals surface area contributed by atoms with Gasteiger partial charge in [-0.15, -0.1) is 0 Å². The minimum absolute atomic E-state index is 0.180. The topological polar surface area (TPSA) is 143 Å². The first-order valence-electron chi connectivity index (χ1n) is 19.5. The largest absolute Gasteiger partial charge is 0.507 e. The molecule has 4 N–H and O–H groups in total. The third-order valence-electron chi connectivity index (χ3n) is 9.86. The lowest BCUT2D eigenvalue weighted by molar-refractivity contribution is 0.243. The molecule has 0 unspecified atom stereocenters. The molecule has 320 valence electrons. The van der Waals surface area contributed by atoms with Gasteiger partial charge in [0, 0.05) is 140 Å². The molecule has 1 aliphatic rings. The predicted molar refractivity (Wildman–Crippen MR) is 258 cm³/mol. The lowest BCUT2D eigenvalue weighted by Gasteiger charge is -2.23. The first-order chi connectivity index (χ1) is 28.7. The van der Waals surface area contributed by atoms with Crippen molar-refractivity contribution in [2.45, 2.75) is 26.2 Å². The van der Waals surface area contributed by atoms with E-state index in [9.17, 15) is 20.4 Å². The molecule has 0 atom stereocenters. The maximum Gasteiger partial charge on any atom is 0.128 e. The molecule has 5 rings (SSSR count). The van der Waals surface area contributed by atoms with Gasteiger partial charge in [-0.3, -0.25) is 20.0 Å². The van der Waals surface area contributed by atoms with Crippen LogP contribution in [0.3, 0.4) is 0 Å². The van der Waals surface area contributed by atoms with E-state index in [0.717, 1.165) is 66.3 Å². The molecule has 4 aromatic rings. The Hall–Kier alpha value is -3.48. The fourth-order valence-electron chi connectivity index (χ4n) is 6.64. The SMILES string of the molecule is CN1CCN(C)Cc2cc(Br)cc(c2O)C=NCCN=Cc2cc(Br)cc(c2O)CN(C)CCN(C)Cc2cc(Br)cc(c2O)C=NCCN=Cc2cc(Br)cc(c2O)C1. The number of rotatable bonds is 0. The molecule has 0 fully saturated rings. The molecule has 12 nitrogen and oxygen atoms in total. The number of likely N-dealkylation sites (N-methyl/N-ethyl adjacent to an activating group) is 4. The number of aromatic hydroxyl groups is 4. The summed E-state index contributed by atoms with van der Waals surface area (Å²) in [5.41, 5.74) is 5.54. The molecule has 16 heteroatoms. The molecule has 0 saturated heterocycles. The zero-order chi connectivity index (χ0) is 43.3. The molecule has 8 bridgehead atoms. The van der Waals surface area contributed by atoms with Crippen molar-refractivity contribution < 1.29 is 20.4 Å². The van der Waals surface area contributed by atoms with Crippen LogP contribution in [0.25, 0.3) is 0 Å². The van der Waals surface area contributed by atoms with E-state index < -0.39 is 0 Å². The Labute approximate surface area is 386 Å². The number of phenols is 4. The zero-order valence-corrected chi connectivity index (χ0v) is 40.6. The first kappa shape index (κ1) is 47.6. The molecule has 1 heterocycles. The van der Waals surface area contributed by atoms with Gasteiger partial charge in [0.1, 0.15) is 23.0 Å².